The van der Waals surface area contributed by atoms with Gasteiger partial charge >= 0.3 is 0 Å². The molecule has 0 unspecified atom stereocenters. The van der Waals surface area contributed by atoms with Gasteiger partial charge in [0.25, 0.3) is 5.91 Å². The second kappa shape index (κ2) is 7.47. The predicted octanol–water partition coefficient (Wildman–Crippen LogP) is 2.82. The summed E-state index contributed by atoms with van der Waals surface area (Å²) in [4.78, 5) is 23.4. The van der Waals surface area contributed by atoms with E-state index in [1.807, 2.05) is 18.2 Å². The van der Waals surface area contributed by atoms with Crippen molar-refractivity contribution in [1.82, 2.24) is 10.6 Å². The largest absolute Gasteiger partial charge is 0.497 e. The van der Waals surface area contributed by atoms with Crippen LogP contribution in [0.2, 0.25) is 5.02 Å². The van der Waals surface area contributed by atoms with Crippen LogP contribution in [0.1, 0.15) is 23.0 Å². The molecule has 1 aromatic carbocycles. The molecule has 0 aliphatic carbocycles. The van der Waals surface area contributed by atoms with Crippen molar-refractivity contribution in [3.63, 3.8) is 0 Å². The highest BCUT2D eigenvalue weighted by molar-refractivity contribution is 7.21. The molecule has 0 saturated heterocycles. The number of hydrogen-bond acceptors (Lipinski definition) is 4. The number of nitrogens with one attached hydrogen (secondary N) is 2. The van der Waals surface area contributed by atoms with E-state index in [4.69, 9.17) is 16.3 Å². The molecule has 118 valence electrons. The SMILES string of the molecule is COc1ccc2sc(C(=O)NCCCNC(C)=O)c(Cl)c2c1. The van der Waals surface area contributed by atoms with Gasteiger partial charge in [0.2, 0.25) is 5.91 Å². The number of carbonyl (C=O) groups is 2. The second-order valence-corrected chi connectivity index (χ2v) is 6.13. The van der Waals surface area contributed by atoms with Crippen molar-refractivity contribution in [2.45, 2.75) is 13.3 Å². The number of fused-ring (bicyclic) bond motifs is 1. The molecule has 0 spiro atoms. The maximum atomic E-state index is 12.2. The number of hydrogen-bond donors (Lipinski definition) is 2. The Hall–Kier alpha value is -1.79. The fourth-order valence-corrected chi connectivity index (χ4v) is 3.36. The van der Waals surface area contributed by atoms with Crippen molar-refractivity contribution in [3.8, 4) is 5.75 Å². The van der Waals surface area contributed by atoms with E-state index >= 15 is 0 Å². The Labute approximate surface area is 137 Å². The zero-order valence-electron chi connectivity index (χ0n) is 12.4. The van der Waals surface area contributed by atoms with Gasteiger partial charge in [0.15, 0.2) is 0 Å². The number of thiophene rings is 1. The van der Waals surface area contributed by atoms with E-state index in [-0.39, 0.29) is 11.8 Å². The number of benzene rings is 1. The molecule has 2 aromatic rings. The first-order valence-electron chi connectivity index (χ1n) is 6.81. The first-order valence-corrected chi connectivity index (χ1v) is 8.01. The summed E-state index contributed by atoms with van der Waals surface area (Å²) in [5, 5.41) is 6.74. The molecule has 22 heavy (non-hydrogen) atoms. The van der Waals surface area contributed by atoms with Gasteiger partial charge in [0.1, 0.15) is 10.6 Å². The summed E-state index contributed by atoms with van der Waals surface area (Å²) < 4.78 is 6.11. The Balaban J connectivity index is 2.02. The second-order valence-electron chi connectivity index (χ2n) is 4.70. The lowest BCUT2D eigenvalue weighted by Crippen LogP contribution is -2.28. The number of amides is 2. The first kappa shape index (κ1) is 16.6. The van der Waals surface area contributed by atoms with Gasteiger partial charge in [-0.25, -0.2) is 0 Å². The van der Waals surface area contributed by atoms with Gasteiger partial charge in [-0.2, -0.15) is 0 Å². The first-order chi connectivity index (χ1) is 10.5. The summed E-state index contributed by atoms with van der Waals surface area (Å²) in [5.74, 6) is 0.426. The average Bonchev–Trinajstić information content (AvgIpc) is 2.83. The third kappa shape index (κ3) is 3.90. The van der Waals surface area contributed by atoms with Gasteiger partial charge in [-0.05, 0) is 24.6 Å². The minimum atomic E-state index is -0.201. The Morgan fingerprint density at radius 3 is 2.68 bits per heavy atom. The number of methoxy groups -OCH3 is 1. The molecule has 0 aliphatic heterocycles. The van der Waals surface area contributed by atoms with Gasteiger partial charge in [-0.1, -0.05) is 11.6 Å². The lowest BCUT2D eigenvalue weighted by molar-refractivity contribution is -0.118. The van der Waals surface area contributed by atoms with Crippen molar-refractivity contribution >= 4 is 44.8 Å². The van der Waals surface area contributed by atoms with Gasteiger partial charge in [0.05, 0.1) is 12.1 Å². The van der Waals surface area contributed by atoms with Crippen LogP contribution in [0.5, 0.6) is 5.75 Å². The standard InChI is InChI=1S/C15H17ClN2O3S/c1-9(19)17-6-3-7-18-15(20)14-13(16)11-8-10(21-2)4-5-12(11)22-14/h4-5,8H,3,6-7H2,1-2H3,(H,17,19)(H,18,20). The van der Waals surface area contributed by atoms with Crippen LogP contribution in [-0.2, 0) is 4.79 Å². The molecule has 7 heteroatoms. The quantitative estimate of drug-likeness (QED) is 0.795. The van der Waals surface area contributed by atoms with Crippen LogP contribution in [0, 0.1) is 0 Å². The summed E-state index contributed by atoms with van der Waals surface area (Å²) >= 11 is 7.65. The van der Waals surface area contributed by atoms with Crippen LogP contribution in [-0.4, -0.2) is 32.0 Å². The molecule has 0 fully saturated rings. The van der Waals surface area contributed by atoms with E-state index in [0.717, 1.165) is 10.1 Å². The van der Waals surface area contributed by atoms with Gasteiger partial charge in [-0.15, -0.1) is 11.3 Å². The van der Waals surface area contributed by atoms with E-state index in [1.165, 1.54) is 18.3 Å². The minimum Gasteiger partial charge on any atom is -0.497 e. The van der Waals surface area contributed by atoms with Crippen LogP contribution in [0.15, 0.2) is 18.2 Å². The lowest BCUT2D eigenvalue weighted by atomic mass is 10.2. The zero-order valence-corrected chi connectivity index (χ0v) is 13.9. The molecule has 2 rings (SSSR count). The Morgan fingerprint density at radius 2 is 2.00 bits per heavy atom. The Bertz CT molecular complexity index is 699. The number of rotatable bonds is 6. The van der Waals surface area contributed by atoms with E-state index < -0.39 is 0 Å². The third-order valence-electron chi connectivity index (χ3n) is 3.05. The van der Waals surface area contributed by atoms with Crippen LogP contribution in [0.4, 0.5) is 0 Å². The van der Waals surface area contributed by atoms with Gasteiger partial charge in [0, 0.05) is 30.1 Å². The molecular formula is C15H17ClN2O3S. The lowest BCUT2D eigenvalue weighted by Gasteiger charge is -2.04. The van der Waals surface area contributed by atoms with Crippen LogP contribution in [0.3, 0.4) is 0 Å². The van der Waals surface area contributed by atoms with Crippen molar-refractivity contribution in [1.29, 1.82) is 0 Å². The highest BCUT2D eigenvalue weighted by Gasteiger charge is 2.17. The topological polar surface area (TPSA) is 67.4 Å². The Kier molecular flexibility index (Phi) is 5.63. The molecule has 5 nitrogen and oxygen atoms in total. The van der Waals surface area contributed by atoms with Crippen LogP contribution in [0.25, 0.3) is 10.1 Å². The minimum absolute atomic E-state index is 0.0761. The Morgan fingerprint density at radius 1 is 1.27 bits per heavy atom. The summed E-state index contributed by atoms with van der Waals surface area (Å²) in [6.45, 7) is 2.48. The van der Waals surface area contributed by atoms with Crippen molar-refractivity contribution < 1.29 is 14.3 Å². The average molecular weight is 341 g/mol. The maximum absolute atomic E-state index is 12.2. The number of halogens is 1. The summed E-state index contributed by atoms with van der Waals surface area (Å²) in [6.07, 6.45) is 0.668. The molecule has 0 radical (unpaired) electrons. The fraction of sp³-hybridized carbons (Fsp3) is 0.333. The molecular weight excluding hydrogens is 324 g/mol. The van der Waals surface area contributed by atoms with E-state index in [1.54, 1.807) is 7.11 Å². The summed E-state index contributed by atoms with van der Waals surface area (Å²) in [6, 6.07) is 5.55. The van der Waals surface area contributed by atoms with E-state index in [9.17, 15) is 9.59 Å². The van der Waals surface area contributed by atoms with E-state index in [0.29, 0.717) is 35.2 Å². The molecule has 2 N–H and O–H groups in total. The zero-order chi connectivity index (χ0) is 16.1. The van der Waals surface area contributed by atoms with E-state index in [2.05, 4.69) is 10.6 Å². The molecule has 1 aromatic heterocycles. The molecule has 0 aliphatic rings. The van der Waals surface area contributed by atoms with Crippen molar-refractivity contribution in [2.75, 3.05) is 20.2 Å². The number of ether oxygens (including phenoxy) is 1. The highest BCUT2D eigenvalue weighted by Crippen LogP contribution is 2.37. The highest BCUT2D eigenvalue weighted by atomic mass is 35.5. The fourth-order valence-electron chi connectivity index (χ4n) is 1.95. The van der Waals surface area contributed by atoms with Crippen molar-refractivity contribution in [2.24, 2.45) is 0 Å². The van der Waals surface area contributed by atoms with Crippen molar-refractivity contribution in [3.05, 3.63) is 28.1 Å². The van der Waals surface area contributed by atoms with Gasteiger partial charge < -0.3 is 15.4 Å². The monoisotopic (exact) mass is 340 g/mol. The van der Waals surface area contributed by atoms with Gasteiger partial charge in [-0.3, -0.25) is 9.59 Å². The predicted molar refractivity (Wildman–Crippen MR) is 89.0 cm³/mol. The van der Waals surface area contributed by atoms with Crippen LogP contribution >= 0.6 is 22.9 Å². The molecule has 2 amide bonds. The molecule has 0 bridgehead atoms. The maximum Gasteiger partial charge on any atom is 0.262 e. The summed E-state index contributed by atoms with van der Waals surface area (Å²) in [7, 11) is 1.59. The smallest absolute Gasteiger partial charge is 0.262 e. The summed E-state index contributed by atoms with van der Waals surface area (Å²) in [5.41, 5.74) is 0. The molecule has 0 atom stereocenters. The third-order valence-corrected chi connectivity index (χ3v) is 4.73. The molecule has 1 heterocycles. The number of carbonyl (C=O) groups excluding carboxylic acids is 2. The normalized spacial score (nSPS) is 10.5. The molecule has 0 saturated carbocycles. The van der Waals surface area contributed by atoms with Crippen LogP contribution < -0.4 is 15.4 Å².